The summed E-state index contributed by atoms with van der Waals surface area (Å²) in [4.78, 5) is 0. The Bertz CT molecular complexity index is 493. The van der Waals surface area contributed by atoms with Crippen molar-refractivity contribution in [1.29, 1.82) is 0 Å². The van der Waals surface area contributed by atoms with Crippen LogP contribution in [0.15, 0.2) is 24.8 Å². The molecule has 0 heterocycles. The number of allylic oxidation sites excluding steroid dienone is 1. The Kier molecular flexibility index (Phi) is 7.88. The third kappa shape index (κ3) is 6.41. The van der Waals surface area contributed by atoms with E-state index < -0.39 is 0 Å². The molecule has 23 heavy (non-hydrogen) atoms. The van der Waals surface area contributed by atoms with Crippen LogP contribution >= 0.6 is 0 Å². The lowest BCUT2D eigenvalue weighted by Crippen LogP contribution is -2.14. The van der Waals surface area contributed by atoms with E-state index in [4.69, 9.17) is 0 Å². The second-order valence-corrected chi connectivity index (χ2v) is 8.00. The van der Waals surface area contributed by atoms with Gasteiger partial charge in [-0.2, -0.15) is 0 Å². The first-order chi connectivity index (χ1) is 10.8. The van der Waals surface area contributed by atoms with Gasteiger partial charge in [0.25, 0.3) is 0 Å². The maximum atomic E-state index is 4.32. The Morgan fingerprint density at radius 2 is 1.83 bits per heavy atom. The minimum Gasteiger partial charge on any atom is -0.388 e. The van der Waals surface area contributed by atoms with Gasteiger partial charge in [0, 0.05) is 12.7 Å². The minimum absolute atomic E-state index is 0.160. The Hall–Kier alpha value is -1.24. The van der Waals surface area contributed by atoms with Crippen LogP contribution in [0.1, 0.15) is 84.3 Å². The monoisotopic (exact) mass is 315 g/mol. The van der Waals surface area contributed by atoms with Gasteiger partial charge in [0.1, 0.15) is 0 Å². The average Bonchev–Trinajstić information content (AvgIpc) is 2.51. The highest BCUT2D eigenvalue weighted by molar-refractivity contribution is 5.69. The zero-order valence-corrected chi connectivity index (χ0v) is 16.3. The summed E-state index contributed by atoms with van der Waals surface area (Å²) in [6.45, 7) is 15.8. The molecule has 0 bridgehead atoms. The van der Waals surface area contributed by atoms with Crippen molar-refractivity contribution in [3.05, 3.63) is 35.9 Å². The first-order valence-corrected chi connectivity index (χ1v) is 9.30. The molecule has 0 aliphatic carbocycles. The quantitative estimate of drug-likeness (QED) is 0.515. The van der Waals surface area contributed by atoms with Crippen LogP contribution in [0.2, 0.25) is 0 Å². The Morgan fingerprint density at radius 3 is 2.39 bits per heavy atom. The third-order valence-electron chi connectivity index (χ3n) is 4.73. The van der Waals surface area contributed by atoms with Crippen molar-refractivity contribution in [3.8, 4) is 0 Å². The molecule has 0 aromatic heterocycles. The number of unbranched alkanes of at least 4 members (excludes halogenated alkanes) is 1. The number of anilines is 1. The second kappa shape index (κ2) is 9.15. The van der Waals surface area contributed by atoms with Gasteiger partial charge < -0.3 is 5.32 Å². The minimum atomic E-state index is 0.160. The molecule has 0 fully saturated rings. The molecule has 1 N–H and O–H groups in total. The van der Waals surface area contributed by atoms with Gasteiger partial charge in [0.05, 0.1) is 0 Å². The molecule has 0 aliphatic rings. The maximum absolute atomic E-state index is 4.32. The molecular weight excluding hydrogens is 278 g/mol. The van der Waals surface area contributed by atoms with E-state index in [0.29, 0.717) is 0 Å². The number of hydrogen-bond donors (Lipinski definition) is 1. The van der Waals surface area contributed by atoms with Gasteiger partial charge in [0.2, 0.25) is 0 Å². The van der Waals surface area contributed by atoms with Crippen molar-refractivity contribution in [3.63, 3.8) is 0 Å². The molecule has 0 spiro atoms. The molecule has 1 heteroatoms. The van der Waals surface area contributed by atoms with Gasteiger partial charge in [-0.25, -0.2) is 0 Å². The number of benzene rings is 1. The SMILES string of the molecule is C=C(CCCC(C)CCCC)c1ccc(C(C)(C)C)c(NC)c1. The van der Waals surface area contributed by atoms with Crippen LogP contribution in [0.25, 0.3) is 5.57 Å². The van der Waals surface area contributed by atoms with Gasteiger partial charge in [-0.3, -0.25) is 0 Å². The number of nitrogens with one attached hydrogen (secondary N) is 1. The van der Waals surface area contributed by atoms with E-state index in [2.05, 4.69) is 64.7 Å². The van der Waals surface area contributed by atoms with Crippen molar-refractivity contribution in [2.24, 2.45) is 5.92 Å². The van der Waals surface area contributed by atoms with E-state index >= 15 is 0 Å². The highest BCUT2D eigenvalue weighted by Gasteiger charge is 2.18. The summed E-state index contributed by atoms with van der Waals surface area (Å²) in [6, 6.07) is 6.77. The zero-order valence-electron chi connectivity index (χ0n) is 16.3. The summed E-state index contributed by atoms with van der Waals surface area (Å²) in [7, 11) is 2.01. The fourth-order valence-electron chi connectivity index (χ4n) is 3.13. The molecular formula is C22H37N. The van der Waals surface area contributed by atoms with Crippen LogP contribution in [-0.4, -0.2) is 7.05 Å². The van der Waals surface area contributed by atoms with E-state index in [-0.39, 0.29) is 5.41 Å². The molecule has 0 saturated carbocycles. The molecule has 1 atom stereocenters. The number of hydrogen-bond acceptors (Lipinski definition) is 1. The van der Waals surface area contributed by atoms with Crippen molar-refractivity contribution in [2.75, 3.05) is 12.4 Å². The topological polar surface area (TPSA) is 12.0 Å². The predicted octanol–water partition coefficient (Wildman–Crippen LogP) is 7.04. The molecule has 0 amide bonds. The Labute approximate surface area is 144 Å². The molecule has 0 radical (unpaired) electrons. The molecule has 1 nitrogen and oxygen atoms in total. The summed E-state index contributed by atoms with van der Waals surface area (Å²) in [5.41, 5.74) is 5.30. The van der Waals surface area contributed by atoms with Crippen molar-refractivity contribution in [2.45, 2.75) is 78.6 Å². The fraction of sp³-hybridized carbons (Fsp3) is 0.636. The van der Waals surface area contributed by atoms with Gasteiger partial charge in [-0.1, -0.05) is 79.0 Å². The first-order valence-electron chi connectivity index (χ1n) is 9.30. The third-order valence-corrected chi connectivity index (χ3v) is 4.73. The summed E-state index contributed by atoms with van der Waals surface area (Å²) in [5, 5.41) is 3.35. The standard InChI is InChI=1S/C22H37N/c1-8-9-11-17(2)12-10-13-18(3)19-14-15-20(22(4,5)6)21(16-19)23-7/h14-17,23H,3,8-13H2,1-2,4-7H3. The molecule has 1 aromatic carbocycles. The molecule has 0 saturated heterocycles. The van der Waals surface area contributed by atoms with Crippen molar-refractivity contribution in [1.82, 2.24) is 0 Å². The molecule has 130 valence electrons. The lowest BCUT2D eigenvalue weighted by molar-refractivity contribution is 0.460. The van der Waals surface area contributed by atoms with E-state index in [0.717, 1.165) is 12.3 Å². The Morgan fingerprint density at radius 1 is 1.17 bits per heavy atom. The van der Waals surface area contributed by atoms with E-state index in [9.17, 15) is 0 Å². The van der Waals surface area contributed by atoms with Crippen LogP contribution in [0.3, 0.4) is 0 Å². The van der Waals surface area contributed by atoms with E-state index in [1.54, 1.807) is 0 Å². The molecule has 0 aliphatic heterocycles. The predicted molar refractivity (Wildman–Crippen MR) is 106 cm³/mol. The summed E-state index contributed by atoms with van der Waals surface area (Å²) in [6.07, 6.45) is 7.71. The summed E-state index contributed by atoms with van der Waals surface area (Å²) >= 11 is 0. The fourth-order valence-corrected chi connectivity index (χ4v) is 3.13. The van der Waals surface area contributed by atoms with Crippen LogP contribution in [0.5, 0.6) is 0 Å². The molecule has 1 aromatic rings. The first kappa shape index (κ1) is 19.8. The molecule has 1 rings (SSSR count). The maximum Gasteiger partial charge on any atom is 0.0381 e. The average molecular weight is 316 g/mol. The zero-order chi connectivity index (χ0) is 17.5. The normalized spacial score (nSPS) is 13.0. The summed E-state index contributed by atoms with van der Waals surface area (Å²) in [5.74, 6) is 0.846. The lowest BCUT2D eigenvalue weighted by atomic mass is 9.84. The second-order valence-electron chi connectivity index (χ2n) is 8.00. The van der Waals surface area contributed by atoms with E-state index in [1.165, 1.54) is 54.5 Å². The molecule has 1 unspecified atom stereocenters. The highest BCUT2D eigenvalue weighted by Crippen LogP contribution is 2.32. The van der Waals surface area contributed by atoms with Crippen LogP contribution in [-0.2, 0) is 5.41 Å². The summed E-state index contributed by atoms with van der Waals surface area (Å²) < 4.78 is 0. The van der Waals surface area contributed by atoms with Gasteiger partial charge >= 0.3 is 0 Å². The lowest BCUT2D eigenvalue weighted by Gasteiger charge is -2.23. The van der Waals surface area contributed by atoms with Crippen molar-refractivity contribution >= 4 is 11.3 Å². The highest BCUT2D eigenvalue weighted by atomic mass is 14.8. The van der Waals surface area contributed by atoms with Crippen molar-refractivity contribution < 1.29 is 0 Å². The van der Waals surface area contributed by atoms with Gasteiger partial charge in [0.15, 0.2) is 0 Å². The van der Waals surface area contributed by atoms with Crippen LogP contribution in [0, 0.1) is 5.92 Å². The van der Waals surface area contributed by atoms with Crippen LogP contribution < -0.4 is 5.32 Å². The van der Waals surface area contributed by atoms with Gasteiger partial charge in [-0.15, -0.1) is 0 Å². The van der Waals surface area contributed by atoms with Crippen LogP contribution in [0.4, 0.5) is 5.69 Å². The van der Waals surface area contributed by atoms with E-state index in [1.807, 2.05) is 7.05 Å². The van der Waals surface area contributed by atoms with Gasteiger partial charge in [-0.05, 0) is 46.9 Å². The Balaban J connectivity index is 2.63. The largest absolute Gasteiger partial charge is 0.388 e. The number of rotatable bonds is 9. The smallest absolute Gasteiger partial charge is 0.0381 e.